The second-order valence-corrected chi connectivity index (χ2v) is 6.47. The summed E-state index contributed by atoms with van der Waals surface area (Å²) < 4.78 is 23.4. The second kappa shape index (κ2) is 6.04. The van der Waals surface area contributed by atoms with Crippen LogP contribution in [0.25, 0.3) is 0 Å². The molecule has 0 aliphatic rings. The summed E-state index contributed by atoms with van der Waals surface area (Å²) in [6.45, 7) is 3.15. The Labute approximate surface area is 117 Å². The molecule has 0 bridgehead atoms. The number of nitrogens with one attached hydrogen (secondary N) is 1. The monoisotopic (exact) mass is 299 g/mol. The number of carboxylic acid groups (broad SMARTS) is 1. The highest BCUT2D eigenvalue weighted by Gasteiger charge is 2.18. The van der Waals surface area contributed by atoms with E-state index in [-0.39, 0.29) is 10.5 Å². The minimum absolute atomic E-state index is 0.0932. The van der Waals surface area contributed by atoms with Gasteiger partial charge in [-0.05, 0) is 31.0 Å². The zero-order valence-electron chi connectivity index (χ0n) is 11.5. The van der Waals surface area contributed by atoms with E-state index in [1.54, 1.807) is 6.07 Å². The van der Waals surface area contributed by atoms with Crippen LogP contribution in [0.3, 0.4) is 0 Å². The molecule has 0 aromatic heterocycles. The van der Waals surface area contributed by atoms with E-state index in [4.69, 9.17) is 5.11 Å². The first kappa shape index (κ1) is 16.2. The van der Waals surface area contributed by atoms with Gasteiger partial charge in [0.25, 0.3) is 5.91 Å². The number of amides is 1. The van der Waals surface area contributed by atoms with Crippen molar-refractivity contribution in [2.24, 2.45) is 0 Å². The molecule has 7 heteroatoms. The van der Waals surface area contributed by atoms with Crippen LogP contribution < -0.4 is 5.32 Å². The minimum Gasteiger partial charge on any atom is -0.480 e. The average molecular weight is 299 g/mol. The van der Waals surface area contributed by atoms with Crippen molar-refractivity contribution in [1.82, 2.24) is 5.32 Å². The lowest BCUT2D eigenvalue weighted by Gasteiger charge is -2.11. The van der Waals surface area contributed by atoms with Crippen LogP contribution in [0.1, 0.15) is 29.8 Å². The van der Waals surface area contributed by atoms with Crippen LogP contribution in [0.5, 0.6) is 0 Å². The molecule has 0 saturated heterocycles. The van der Waals surface area contributed by atoms with Gasteiger partial charge in [0.05, 0.1) is 4.90 Å². The molecule has 0 heterocycles. The highest BCUT2D eigenvalue weighted by Crippen LogP contribution is 2.18. The maximum absolute atomic E-state index is 11.9. The number of aliphatic carboxylic acids is 1. The third-order valence-electron chi connectivity index (χ3n) is 2.83. The molecule has 0 spiro atoms. The highest BCUT2D eigenvalue weighted by molar-refractivity contribution is 7.90. The van der Waals surface area contributed by atoms with E-state index in [0.717, 1.165) is 6.26 Å². The Kier molecular flexibility index (Phi) is 4.88. The van der Waals surface area contributed by atoms with Gasteiger partial charge in [-0.2, -0.15) is 0 Å². The summed E-state index contributed by atoms with van der Waals surface area (Å²) in [7, 11) is -3.44. The topological polar surface area (TPSA) is 101 Å². The van der Waals surface area contributed by atoms with Gasteiger partial charge in [0, 0.05) is 11.8 Å². The van der Waals surface area contributed by atoms with Crippen LogP contribution in [-0.2, 0) is 21.1 Å². The molecule has 1 aromatic rings. The molecule has 1 rings (SSSR count). The first-order chi connectivity index (χ1) is 9.16. The summed E-state index contributed by atoms with van der Waals surface area (Å²) in [5.41, 5.74) is 0.742. The predicted octanol–water partition coefficient (Wildman–Crippen LogP) is 0.855. The molecule has 1 amide bonds. The van der Waals surface area contributed by atoms with E-state index in [1.807, 2.05) is 6.92 Å². The quantitative estimate of drug-likeness (QED) is 0.839. The molecule has 20 heavy (non-hydrogen) atoms. The standard InChI is InChI=1S/C13H17NO5S/c1-4-9-5-6-10(7-11(9)20(3,18)19)12(15)14-8(2)13(16)17/h5-8H,4H2,1-3H3,(H,14,15)(H,16,17)/t8-/m0/s1. The lowest BCUT2D eigenvalue weighted by molar-refractivity contribution is -0.138. The largest absolute Gasteiger partial charge is 0.480 e. The zero-order chi connectivity index (χ0) is 15.5. The van der Waals surface area contributed by atoms with Crippen molar-refractivity contribution < 1.29 is 23.1 Å². The number of benzene rings is 1. The molecule has 0 aliphatic heterocycles. The molecule has 2 N–H and O–H groups in total. The predicted molar refractivity (Wildman–Crippen MR) is 73.5 cm³/mol. The third-order valence-corrected chi connectivity index (χ3v) is 4.01. The van der Waals surface area contributed by atoms with Gasteiger partial charge in [-0.25, -0.2) is 8.42 Å². The van der Waals surface area contributed by atoms with Crippen LogP contribution in [0.2, 0.25) is 0 Å². The van der Waals surface area contributed by atoms with Crippen molar-refractivity contribution in [3.05, 3.63) is 29.3 Å². The van der Waals surface area contributed by atoms with Crippen molar-refractivity contribution >= 4 is 21.7 Å². The fraction of sp³-hybridized carbons (Fsp3) is 0.385. The smallest absolute Gasteiger partial charge is 0.325 e. The fourth-order valence-electron chi connectivity index (χ4n) is 1.67. The van der Waals surface area contributed by atoms with Gasteiger partial charge in [-0.3, -0.25) is 9.59 Å². The number of carbonyl (C=O) groups excluding carboxylic acids is 1. The molecule has 0 radical (unpaired) electrons. The van der Waals surface area contributed by atoms with E-state index in [0.29, 0.717) is 12.0 Å². The van der Waals surface area contributed by atoms with Gasteiger partial charge >= 0.3 is 5.97 Å². The molecule has 1 aromatic carbocycles. The Hall–Kier alpha value is -1.89. The van der Waals surface area contributed by atoms with Gasteiger partial charge in [0.1, 0.15) is 6.04 Å². The van der Waals surface area contributed by atoms with Gasteiger partial charge in [0.2, 0.25) is 0 Å². The zero-order valence-corrected chi connectivity index (χ0v) is 12.3. The Morgan fingerprint density at radius 1 is 1.35 bits per heavy atom. The number of rotatable bonds is 5. The minimum atomic E-state index is -3.44. The molecule has 0 fully saturated rings. The maximum Gasteiger partial charge on any atom is 0.325 e. The number of hydrogen-bond donors (Lipinski definition) is 2. The maximum atomic E-state index is 11.9. The summed E-state index contributed by atoms with van der Waals surface area (Å²) >= 11 is 0. The number of hydrogen-bond acceptors (Lipinski definition) is 4. The van der Waals surface area contributed by atoms with Crippen molar-refractivity contribution in [1.29, 1.82) is 0 Å². The molecule has 0 aliphatic carbocycles. The van der Waals surface area contributed by atoms with Gasteiger partial charge in [-0.1, -0.05) is 13.0 Å². The summed E-state index contributed by atoms with van der Waals surface area (Å²) in [6.07, 6.45) is 1.60. The Bertz CT molecular complexity index is 636. The molecule has 0 saturated carbocycles. The second-order valence-electron chi connectivity index (χ2n) is 4.48. The van der Waals surface area contributed by atoms with Gasteiger partial charge < -0.3 is 10.4 Å². The lowest BCUT2D eigenvalue weighted by Crippen LogP contribution is -2.38. The van der Waals surface area contributed by atoms with Crippen molar-refractivity contribution in [2.45, 2.75) is 31.2 Å². The molecular weight excluding hydrogens is 282 g/mol. The Morgan fingerprint density at radius 2 is 1.95 bits per heavy atom. The van der Waals surface area contributed by atoms with E-state index < -0.39 is 27.8 Å². The van der Waals surface area contributed by atoms with E-state index in [2.05, 4.69) is 5.32 Å². The SMILES string of the molecule is CCc1ccc(C(=O)N[C@@H](C)C(=O)O)cc1S(C)(=O)=O. The first-order valence-corrected chi connectivity index (χ1v) is 7.92. The summed E-state index contributed by atoms with van der Waals surface area (Å²) in [5.74, 6) is -1.78. The van der Waals surface area contributed by atoms with Crippen LogP contribution in [0, 0.1) is 0 Å². The van der Waals surface area contributed by atoms with Crippen LogP contribution in [-0.4, -0.2) is 37.7 Å². The van der Waals surface area contributed by atoms with Crippen LogP contribution in [0.15, 0.2) is 23.1 Å². The average Bonchev–Trinajstić information content (AvgIpc) is 2.36. The van der Waals surface area contributed by atoms with E-state index in [1.165, 1.54) is 19.1 Å². The number of carboxylic acids is 1. The van der Waals surface area contributed by atoms with Crippen molar-refractivity contribution in [3.8, 4) is 0 Å². The Morgan fingerprint density at radius 3 is 2.40 bits per heavy atom. The molecule has 6 nitrogen and oxygen atoms in total. The van der Waals surface area contributed by atoms with E-state index >= 15 is 0 Å². The first-order valence-electron chi connectivity index (χ1n) is 6.03. The number of carbonyl (C=O) groups is 2. The van der Waals surface area contributed by atoms with E-state index in [9.17, 15) is 18.0 Å². The summed E-state index contributed by atoms with van der Waals surface area (Å²) in [6, 6.07) is 3.28. The van der Waals surface area contributed by atoms with Gasteiger partial charge in [-0.15, -0.1) is 0 Å². The summed E-state index contributed by atoms with van der Waals surface area (Å²) in [5, 5.41) is 11.0. The molecule has 110 valence electrons. The van der Waals surface area contributed by atoms with Crippen LogP contribution >= 0.6 is 0 Å². The molecular formula is C13H17NO5S. The normalized spacial score (nSPS) is 12.8. The lowest BCUT2D eigenvalue weighted by atomic mass is 10.1. The van der Waals surface area contributed by atoms with Crippen molar-refractivity contribution in [3.63, 3.8) is 0 Å². The van der Waals surface area contributed by atoms with Gasteiger partial charge in [0.15, 0.2) is 9.84 Å². The highest BCUT2D eigenvalue weighted by atomic mass is 32.2. The van der Waals surface area contributed by atoms with Crippen LogP contribution in [0.4, 0.5) is 0 Å². The molecule has 1 atom stereocenters. The van der Waals surface area contributed by atoms with Crippen molar-refractivity contribution in [2.75, 3.05) is 6.26 Å². The fourth-order valence-corrected chi connectivity index (χ4v) is 2.70. The molecule has 0 unspecified atom stereocenters. The number of aryl methyl sites for hydroxylation is 1. The number of sulfone groups is 1. The third kappa shape index (κ3) is 3.80. The summed E-state index contributed by atoms with van der Waals surface area (Å²) in [4.78, 5) is 22.6. The Balaban J connectivity index is 3.16.